The zero-order chi connectivity index (χ0) is 39.1. The minimum atomic E-state index is -3.82. The molecule has 284 valence electrons. The number of benzene rings is 4. The fraction of sp³-hybridized carbons (Fsp3) is 0.341. The minimum Gasteiger partial charge on any atom is -0.458 e. The lowest BCUT2D eigenvalue weighted by atomic mass is 9.96. The predicted octanol–water partition coefficient (Wildman–Crippen LogP) is 8.83. The van der Waals surface area contributed by atoms with Crippen LogP contribution in [0.1, 0.15) is 58.2 Å². The Labute approximate surface area is 318 Å². The molecule has 0 aliphatic carbocycles. The van der Waals surface area contributed by atoms with E-state index in [-0.39, 0.29) is 25.2 Å². The summed E-state index contributed by atoms with van der Waals surface area (Å²) in [4.78, 5) is 52.7. The highest BCUT2D eigenvalue weighted by atomic mass is 31.2. The Kier molecular flexibility index (Phi) is 12.7. The molecule has 0 bridgehead atoms. The second-order valence-corrected chi connectivity index (χ2v) is 18.3. The molecular formula is C44H51N2O7P. The topological polar surface area (TPSA) is 124 Å². The maximum Gasteiger partial charge on any atom is 0.419 e. The van der Waals surface area contributed by atoms with Crippen LogP contribution in [0.15, 0.2) is 115 Å². The van der Waals surface area contributed by atoms with Crippen LogP contribution in [-0.2, 0) is 42.9 Å². The molecule has 3 atom stereocenters. The molecule has 0 radical (unpaired) electrons. The van der Waals surface area contributed by atoms with Gasteiger partial charge in [-0.15, -0.1) is 0 Å². The molecule has 9 nitrogen and oxygen atoms in total. The van der Waals surface area contributed by atoms with Gasteiger partial charge in [-0.3, -0.25) is 13.9 Å². The van der Waals surface area contributed by atoms with Gasteiger partial charge < -0.3 is 19.7 Å². The second kappa shape index (κ2) is 17.0. The van der Waals surface area contributed by atoms with Crippen molar-refractivity contribution in [2.24, 2.45) is 5.92 Å². The molecule has 2 unspecified atom stereocenters. The molecule has 5 rings (SSSR count). The van der Waals surface area contributed by atoms with E-state index in [1.54, 1.807) is 53.8 Å². The summed E-state index contributed by atoms with van der Waals surface area (Å²) in [5, 5.41) is 3.62. The predicted molar refractivity (Wildman–Crippen MR) is 214 cm³/mol. The van der Waals surface area contributed by atoms with Crippen molar-refractivity contribution in [2.45, 2.75) is 78.0 Å². The molecule has 2 N–H and O–H groups in total. The van der Waals surface area contributed by atoms with Gasteiger partial charge in [-0.2, -0.15) is 0 Å². The number of para-hydroxylation sites is 1. The Morgan fingerprint density at radius 3 is 1.93 bits per heavy atom. The Morgan fingerprint density at radius 2 is 1.30 bits per heavy atom. The molecule has 0 fully saturated rings. The molecule has 10 heteroatoms. The molecule has 0 spiro atoms. The van der Waals surface area contributed by atoms with Crippen LogP contribution in [0.4, 0.5) is 4.79 Å². The molecule has 5 aromatic rings. The average Bonchev–Trinajstić information content (AvgIpc) is 3.48. The number of amides is 1. The van der Waals surface area contributed by atoms with Crippen molar-refractivity contribution in [3.63, 3.8) is 0 Å². The van der Waals surface area contributed by atoms with E-state index in [2.05, 4.69) is 5.32 Å². The number of hydrogen-bond donors (Lipinski definition) is 2. The van der Waals surface area contributed by atoms with Crippen LogP contribution < -0.4 is 5.32 Å². The van der Waals surface area contributed by atoms with E-state index in [1.165, 1.54) is 4.57 Å². The Hall–Kier alpha value is -4.98. The van der Waals surface area contributed by atoms with Crippen LogP contribution in [0.25, 0.3) is 22.0 Å². The summed E-state index contributed by atoms with van der Waals surface area (Å²) in [5.74, 6) is -2.14. The van der Waals surface area contributed by atoms with Gasteiger partial charge in [0.1, 0.15) is 17.2 Å². The first kappa shape index (κ1) is 40.2. The van der Waals surface area contributed by atoms with Crippen LogP contribution in [0.3, 0.4) is 0 Å². The van der Waals surface area contributed by atoms with Gasteiger partial charge in [-0.1, -0.05) is 103 Å². The molecular weight excluding hydrogens is 699 g/mol. The molecule has 1 aromatic heterocycles. The number of nitrogens with one attached hydrogen (secondary N) is 1. The van der Waals surface area contributed by atoms with E-state index >= 15 is 0 Å². The zero-order valence-corrected chi connectivity index (χ0v) is 32.8. The Morgan fingerprint density at radius 1 is 0.722 bits per heavy atom. The molecule has 1 heterocycles. The summed E-state index contributed by atoms with van der Waals surface area (Å²) in [6.07, 6.45) is 1.35. The maximum absolute atomic E-state index is 14.4. The highest BCUT2D eigenvalue weighted by molar-refractivity contribution is 7.58. The first-order valence-corrected chi connectivity index (χ1v) is 20.3. The van der Waals surface area contributed by atoms with Crippen molar-refractivity contribution >= 4 is 36.2 Å². The Bertz CT molecular complexity index is 2100. The maximum atomic E-state index is 14.4. The average molecular weight is 751 g/mol. The number of rotatable bonds is 13. The first-order chi connectivity index (χ1) is 25.5. The zero-order valence-electron chi connectivity index (χ0n) is 32.0. The lowest BCUT2D eigenvalue weighted by Gasteiger charge is -2.27. The van der Waals surface area contributed by atoms with Crippen molar-refractivity contribution < 1.29 is 33.3 Å². The van der Waals surface area contributed by atoms with E-state index in [1.807, 2.05) is 103 Å². The highest BCUT2D eigenvalue weighted by Crippen LogP contribution is 2.44. The van der Waals surface area contributed by atoms with E-state index in [9.17, 15) is 23.8 Å². The number of aryl methyl sites for hydroxylation is 1. The van der Waals surface area contributed by atoms with Gasteiger partial charge in [0, 0.05) is 30.3 Å². The summed E-state index contributed by atoms with van der Waals surface area (Å²) in [6.45, 7) is 10.6. The lowest BCUT2D eigenvalue weighted by Crippen LogP contribution is -2.48. The lowest BCUT2D eigenvalue weighted by molar-refractivity contribution is -0.158. The molecule has 0 saturated heterocycles. The summed E-state index contributed by atoms with van der Waals surface area (Å²) in [7, 11) is -3.82. The molecule has 54 heavy (non-hydrogen) atoms. The monoisotopic (exact) mass is 750 g/mol. The summed E-state index contributed by atoms with van der Waals surface area (Å²) >= 11 is 0. The third-order valence-electron chi connectivity index (χ3n) is 8.83. The van der Waals surface area contributed by atoms with Crippen molar-refractivity contribution in [1.29, 1.82) is 0 Å². The SMILES string of the molecule is CC(C)(C)OC(=O)[C@H](Cc1cn(C(=O)OC(C)(C)C)c2ccccc12)NC(=O)C(Cc1ccc(-c2ccccc2)cc1)CP(=O)(O)CCc1ccccc1. The molecule has 0 aliphatic rings. The second-order valence-electron chi connectivity index (χ2n) is 15.8. The van der Waals surface area contributed by atoms with Gasteiger partial charge in [0.2, 0.25) is 13.3 Å². The number of hydrogen-bond acceptors (Lipinski definition) is 6. The summed E-state index contributed by atoms with van der Waals surface area (Å²) < 4.78 is 26.6. The van der Waals surface area contributed by atoms with Crippen molar-refractivity contribution in [3.05, 3.63) is 132 Å². The van der Waals surface area contributed by atoms with Crippen LogP contribution in [0.2, 0.25) is 0 Å². The van der Waals surface area contributed by atoms with Gasteiger partial charge in [0.25, 0.3) is 0 Å². The largest absolute Gasteiger partial charge is 0.458 e. The molecule has 4 aromatic carbocycles. The van der Waals surface area contributed by atoms with Gasteiger partial charge in [-0.25, -0.2) is 9.59 Å². The molecule has 0 saturated carbocycles. The first-order valence-electron chi connectivity index (χ1n) is 18.3. The number of carbonyl (C=O) groups excluding carboxylic acids is 3. The van der Waals surface area contributed by atoms with Crippen LogP contribution in [-0.4, -0.2) is 57.0 Å². The number of nitrogens with zero attached hydrogens (tertiary/aromatic N) is 1. The van der Waals surface area contributed by atoms with Crippen molar-refractivity contribution in [1.82, 2.24) is 9.88 Å². The van der Waals surface area contributed by atoms with E-state index in [4.69, 9.17) is 9.47 Å². The van der Waals surface area contributed by atoms with Crippen LogP contribution in [0.5, 0.6) is 0 Å². The molecule has 1 amide bonds. The van der Waals surface area contributed by atoms with Gasteiger partial charge in [0.15, 0.2) is 0 Å². The van der Waals surface area contributed by atoms with Crippen LogP contribution in [0, 0.1) is 5.92 Å². The fourth-order valence-electron chi connectivity index (χ4n) is 6.32. The number of aromatic nitrogens is 1. The van der Waals surface area contributed by atoms with Gasteiger partial charge >= 0.3 is 12.1 Å². The van der Waals surface area contributed by atoms with E-state index in [0.717, 1.165) is 22.3 Å². The van der Waals surface area contributed by atoms with Gasteiger partial charge in [-0.05, 0) is 88.3 Å². The minimum absolute atomic E-state index is 0.000248. The standard InChI is InChI=1S/C44H51N2O7P/c1-43(2,3)52-41(48)38(28-35-29-46(42(49)53-44(4,5)6)39-20-14-13-19-37(35)39)45-40(47)36(30-54(50,51)26-25-31-15-9-7-10-16-31)27-32-21-23-34(24-22-32)33-17-11-8-12-18-33/h7-24,29,36,38H,25-28,30H2,1-6H3,(H,45,47)(H,50,51)/t36?,38-/m0/s1. The Balaban J connectivity index is 1.45. The number of esters is 1. The number of fused-ring (bicyclic) bond motifs is 1. The normalized spacial score (nSPS) is 14.1. The number of carbonyl (C=O) groups is 3. The van der Waals surface area contributed by atoms with Gasteiger partial charge in [0.05, 0.1) is 11.4 Å². The smallest absolute Gasteiger partial charge is 0.419 e. The number of ether oxygens (including phenoxy) is 2. The van der Waals surface area contributed by atoms with Crippen LogP contribution >= 0.6 is 7.37 Å². The van der Waals surface area contributed by atoms with Crippen molar-refractivity contribution in [3.8, 4) is 11.1 Å². The van der Waals surface area contributed by atoms with E-state index in [0.29, 0.717) is 22.9 Å². The fourth-order valence-corrected chi connectivity index (χ4v) is 8.10. The van der Waals surface area contributed by atoms with E-state index < -0.39 is 48.5 Å². The third-order valence-corrected chi connectivity index (χ3v) is 10.8. The summed E-state index contributed by atoms with van der Waals surface area (Å²) in [5.41, 5.74) is 3.41. The molecule has 0 aliphatic heterocycles. The van der Waals surface area contributed by atoms with Crippen molar-refractivity contribution in [2.75, 3.05) is 12.3 Å². The quantitative estimate of drug-likeness (QED) is 0.0911. The highest BCUT2D eigenvalue weighted by Gasteiger charge is 2.34. The summed E-state index contributed by atoms with van der Waals surface area (Å²) in [6, 6.07) is 33.3. The third kappa shape index (κ3) is 11.5.